The van der Waals surface area contributed by atoms with Crippen molar-refractivity contribution in [2.24, 2.45) is 0 Å². The molecule has 0 saturated heterocycles. The van der Waals surface area contributed by atoms with Crippen LogP contribution >= 0.6 is 11.3 Å². The summed E-state index contributed by atoms with van der Waals surface area (Å²) in [5, 5.41) is 1.14. The molecule has 0 fully saturated rings. The van der Waals surface area contributed by atoms with E-state index in [1.807, 2.05) is 20.9 Å². The molecule has 0 spiro atoms. The Labute approximate surface area is 97.1 Å². The molecule has 2 rings (SSSR count). The van der Waals surface area contributed by atoms with Gasteiger partial charge < -0.3 is 4.90 Å². The average Bonchev–Trinajstić information content (AvgIpc) is 2.50. The van der Waals surface area contributed by atoms with E-state index < -0.39 is 10.8 Å². The molecule has 4 heteroatoms. The molecule has 0 radical (unpaired) electrons. The van der Waals surface area contributed by atoms with Crippen molar-refractivity contribution in [2.75, 3.05) is 11.9 Å². The van der Waals surface area contributed by atoms with Crippen molar-refractivity contribution in [3.63, 3.8) is 0 Å². The number of anilines is 1. The fraction of sp³-hybridized carbons (Fsp3) is 0.455. The number of rotatable bonds is 0. The average molecular weight is 241 g/mol. The minimum absolute atomic E-state index is 0.953. The van der Waals surface area contributed by atoms with Crippen molar-refractivity contribution in [2.45, 2.75) is 32.6 Å². The van der Waals surface area contributed by atoms with Gasteiger partial charge in [-0.2, -0.15) is 0 Å². The van der Waals surface area contributed by atoms with Gasteiger partial charge in [0.25, 0.3) is 0 Å². The maximum Gasteiger partial charge on any atom is 0.112 e. The third kappa shape index (κ3) is 1.39. The van der Waals surface area contributed by atoms with Crippen LogP contribution in [0.3, 0.4) is 0 Å². The lowest BCUT2D eigenvalue weighted by molar-refractivity contribution is 0.685. The van der Waals surface area contributed by atoms with Crippen molar-refractivity contribution in [3.8, 4) is 0 Å². The zero-order valence-corrected chi connectivity index (χ0v) is 11.3. The number of aryl methyl sites for hydroxylation is 1. The maximum atomic E-state index is 12.2. The summed E-state index contributed by atoms with van der Waals surface area (Å²) in [6.45, 7) is 8.14. The summed E-state index contributed by atoms with van der Waals surface area (Å²) in [4.78, 5) is 5.41. The lowest BCUT2D eigenvalue weighted by Gasteiger charge is -2.26. The van der Waals surface area contributed by atoms with Crippen molar-refractivity contribution in [3.05, 3.63) is 21.0 Å². The van der Waals surface area contributed by atoms with Gasteiger partial charge in [-0.25, -0.2) is 4.21 Å². The van der Waals surface area contributed by atoms with Gasteiger partial charge in [0, 0.05) is 22.5 Å². The Morgan fingerprint density at radius 3 is 2.40 bits per heavy atom. The molecule has 0 N–H and O–H groups in total. The summed E-state index contributed by atoms with van der Waals surface area (Å²) in [5.74, 6) is 0. The topological polar surface area (TPSA) is 20.3 Å². The number of fused-ring (bicyclic) bond motifs is 1. The molecule has 1 unspecified atom stereocenters. The maximum absolute atomic E-state index is 12.2. The summed E-state index contributed by atoms with van der Waals surface area (Å²) in [6, 6.07) is 0. The van der Waals surface area contributed by atoms with Gasteiger partial charge in [0.15, 0.2) is 0 Å². The van der Waals surface area contributed by atoms with Crippen LogP contribution in [0.1, 0.15) is 24.3 Å². The van der Waals surface area contributed by atoms with Crippen LogP contribution in [0.5, 0.6) is 0 Å². The highest BCUT2D eigenvalue weighted by Gasteiger charge is 2.28. The van der Waals surface area contributed by atoms with E-state index in [-0.39, 0.29) is 0 Å². The van der Waals surface area contributed by atoms with Gasteiger partial charge in [-0.15, -0.1) is 11.3 Å². The summed E-state index contributed by atoms with van der Waals surface area (Å²) >= 11 is 1.73. The van der Waals surface area contributed by atoms with E-state index in [4.69, 9.17) is 0 Å². The zero-order valence-electron chi connectivity index (χ0n) is 9.67. The van der Waals surface area contributed by atoms with Gasteiger partial charge in [0.05, 0.1) is 15.7 Å². The normalized spacial score (nSPS) is 20.9. The van der Waals surface area contributed by atoms with E-state index in [1.165, 1.54) is 10.4 Å². The molecular weight excluding hydrogens is 226 g/mol. The summed E-state index contributed by atoms with van der Waals surface area (Å²) in [7, 11) is 1.09. The first-order valence-electron chi connectivity index (χ1n) is 4.88. The van der Waals surface area contributed by atoms with Crippen LogP contribution in [0.15, 0.2) is 15.5 Å². The molecule has 15 heavy (non-hydrogen) atoms. The number of hydrogen-bond acceptors (Lipinski definition) is 3. The molecule has 0 bridgehead atoms. The fourth-order valence-electron chi connectivity index (χ4n) is 1.70. The standard InChI is InChI=1S/C11H15NOS2/c1-6-8(3)14-11-10(6)15(13)9(4)7(2)12(11)5/h1-5H3. The number of allylic oxidation sites excluding steroid dienone is 2. The van der Waals surface area contributed by atoms with Crippen molar-refractivity contribution in [1.82, 2.24) is 0 Å². The van der Waals surface area contributed by atoms with Crippen molar-refractivity contribution < 1.29 is 4.21 Å². The Kier molecular flexibility index (Phi) is 2.51. The first kappa shape index (κ1) is 10.9. The van der Waals surface area contributed by atoms with Crippen molar-refractivity contribution >= 4 is 27.1 Å². The SMILES string of the molecule is CC1=C(C)S(=O)c2c(sc(C)c2C)N1C. The minimum atomic E-state index is -0.953. The second-order valence-electron chi connectivity index (χ2n) is 3.89. The first-order chi connectivity index (χ1) is 6.95. The van der Waals surface area contributed by atoms with Crippen LogP contribution in [-0.2, 0) is 10.8 Å². The smallest absolute Gasteiger partial charge is 0.112 e. The molecule has 1 aliphatic heterocycles. The molecule has 82 valence electrons. The molecule has 0 amide bonds. The number of hydrogen-bond donors (Lipinski definition) is 0. The third-order valence-electron chi connectivity index (χ3n) is 3.09. The molecular formula is C11H15NOS2. The lowest BCUT2D eigenvalue weighted by atomic mass is 10.3. The van der Waals surface area contributed by atoms with Gasteiger partial charge in [0.1, 0.15) is 5.00 Å². The molecule has 0 aromatic carbocycles. The van der Waals surface area contributed by atoms with E-state index in [0.29, 0.717) is 0 Å². The minimum Gasteiger partial charge on any atom is -0.338 e. The first-order valence-corrected chi connectivity index (χ1v) is 6.84. The third-order valence-corrected chi connectivity index (χ3v) is 6.23. The predicted molar refractivity (Wildman–Crippen MR) is 67.0 cm³/mol. The van der Waals surface area contributed by atoms with Crippen LogP contribution in [-0.4, -0.2) is 11.3 Å². The molecule has 0 aliphatic carbocycles. The van der Waals surface area contributed by atoms with Crippen LogP contribution in [0.2, 0.25) is 0 Å². The Hall–Kier alpha value is -0.610. The zero-order chi connectivity index (χ0) is 11.3. The van der Waals surface area contributed by atoms with Crippen LogP contribution in [0.25, 0.3) is 0 Å². The quantitative estimate of drug-likeness (QED) is 0.695. The van der Waals surface area contributed by atoms with E-state index >= 15 is 0 Å². The second kappa shape index (κ2) is 3.46. The monoisotopic (exact) mass is 241 g/mol. The van der Waals surface area contributed by atoms with Gasteiger partial charge in [-0.3, -0.25) is 0 Å². The predicted octanol–water partition coefficient (Wildman–Crippen LogP) is 3.17. The molecule has 1 aromatic rings. The van der Waals surface area contributed by atoms with Crippen LogP contribution in [0, 0.1) is 13.8 Å². The Morgan fingerprint density at radius 2 is 1.80 bits per heavy atom. The lowest BCUT2D eigenvalue weighted by Crippen LogP contribution is -2.21. The highest BCUT2D eigenvalue weighted by atomic mass is 32.2. The molecule has 1 aliphatic rings. The van der Waals surface area contributed by atoms with Crippen LogP contribution < -0.4 is 4.90 Å². The van der Waals surface area contributed by atoms with Gasteiger partial charge in [0.2, 0.25) is 0 Å². The highest BCUT2D eigenvalue weighted by Crippen LogP contribution is 2.43. The van der Waals surface area contributed by atoms with E-state index in [0.717, 1.165) is 20.5 Å². The molecule has 2 heterocycles. The Balaban J connectivity index is 2.72. The van der Waals surface area contributed by atoms with Crippen LogP contribution in [0.4, 0.5) is 5.00 Å². The molecule has 0 saturated carbocycles. The van der Waals surface area contributed by atoms with E-state index in [1.54, 1.807) is 11.3 Å². The highest BCUT2D eigenvalue weighted by molar-refractivity contribution is 7.89. The summed E-state index contributed by atoms with van der Waals surface area (Å²) in [6.07, 6.45) is 0. The Morgan fingerprint density at radius 1 is 1.20 bits per heavy atom. The van der Waals surface area contributed by atoms with E-state index in [9.17, 15) is 4.21 Å². The van der Waals surface area contributed by atoms with Crippen molar-refractivity contribution in [1.29, 1.82) is 0 Å². The van der Waals surface area contributed by atoms with E-state index in [2.05, 4.69) is 18.7 Å². The Bertz CT molecular complexity index is 485. The molecule has 1 aromatic heterocycles. The summed E-state index contributed by atoms with van der Waals surface area (Å²) < 4.78 is 12.2. The summed E-state index contributed by atoms with van der Waals surface area (Å²) in [5.41, 5.74) is 2.30. The van der Waals surface area contributed by atoms with Gasteiger partial charge >= 0.3 is 0 Å². The van der Waals surface area contributed by atoms with Gasteiger partial charge in [-0.05, 0) is 33.3 Å². The number of nitrogens with zero attached hydrogens (tertiary/aromatic N) is 1. The molecule has 1 atom stereocenters. The number of thiophene rings is 1. The molecule has 2 nitrogen and oxygen atoms in total. The van der Waals surface area contributed by atoms with Gasteiger partial charge in [-0.1, -0.05) is 0 Å². The second-order valence-corrected chi connectivity index (χ2v) is 6.65. The largest absolute Gasteiger partial charge is 0.338 e. The fourth-order valence-corrected chi connectivity index (χ4v) is 4.62.